The number of esters is 1. The average molecular weight is 509 g/mol. The van der Waals surface area contributed by atoms with E-state index >= 15 is 0 Å². The third-order valence-electron chi connectivity index (χ3n) is 5.93. The maximum atomic E-state index is 12.6. The fourth-order valence-electron chi connectivity index (χ4n) is 4.00. The Morgan fingerprint density at radius 2 is 1.86 bits per heavy atom. The molecule has 1 aliphatic heterocycles. The van der Waals surface area contributed by atoms with Crippen molar-refractivity contribution in [3.8, 4) is 0 Å². The summed E-state index contributed by atoms with van der Waals surface area (Å²) in [4.78, 5) is 34.8. The van der Waals surface area contributed by atoms with Gasteiger partial charge in [-0.05, 0) is 73.5 Å². The van der Waals surface area contributed by atoms with E-state index in [4.69, 9.17) is 4.74 Å². The van der Waals surface area contributed by atoms with Crippen LogP contribution in [0.1, 0.15) is 64.9 Å². The van der Waals surface area contributed by atoms with Crippen LogP contribution >= 0.6 is 0 Å². The summed E-state index contributed by atoms with van der Waals surface area (Å²) in [7, 11) is 4.08. The van der Waals surface area contributed by atoms with Gasteiger partial charge in [0.15, 0.2) is 0 Å². The Morgan fingerprint density at radius 1 is 1.14 bits per heavy atom. The molecule has 0 radical (unpaired) electrons. The number of nitrogens with zero attached hydrogens (tertiary/aromatic N) is 2. The van der Waals surface area contributed by atoms with E-state index in [2.05, 4.69) is 39.3 Å². The molecule has 7 heteroatoms. The predicted octanol–water partition coefficient (Wildman–Crippen LogP) is 5.00. The number of nitrogens with one attached hydrogen (secondary N) is 2. The number of likely N-dealkylation sites (N-methyl/N-ethyl adjacent to an activating group) is 1. The number of carbonyl (C=O) groups excluding carboxylic acids is 2. The van der Waals surface area contributed by atoms with E-state index < -0.39 is 12.1 Å². The molecule has 1 aliphatic rings. The van der Waals surface area contributed by atoms with Crippen molar-refractivity contribution in [2.24, 2.45) is 0 Å². The first-order valence-electron chi connectivity index (χ1n) is 13.1. The maximum absolute atomic E-state index is 12.6. The number of rotatable bonds is 5. The highest BCUT2D eigenvalue weighted by Crippen LogP contribution is 2.13. The lowest BCUT2D eigenvalue weighted by Gasteiger charge is -2.14. The van der Waals surface area contributed by atoms with Gasteiger partial charge in [-0.15, -0.1) is 0 Å². The number of ether oxygens (including phenoxy) is 1. The van der Waals surface area contributed by atoms with Crippen LogP contribution in [0.2, 0.25) is 0 Å². The van der Waals surface area contributed by atoms with Gasteiger partial charge in [0.2, 0.25) is 5.91 Å². The Hall–Kier alpha value is -3.19. The van der Waals surface area contributed by atoms with Gasteiger partial charge in [0.1, 0.15) is 11.9 Å². The minimum atomic E-state index is -0.458. The Kier molecular flexibility index (Phi) is 12.8. The Morgan fingerprint density at radius 3 is 2.62 bits per heavy atom. The SMILES string of the molecule is CC(C=CC(C)=CC1Cc2ncc([nH]2)CCCCC(=O)N[C@@H](C)CC(C)=CC=CC(=O)O1)=CCN(C)C. The molecule has 202 valence electrons. The number of H-pyrrole nitrogens is 1. The van der Waals surface area contributed by atoms with E-state index in [1.54, 1.807) is 6.08 Å². The lowest BCUT2D eigenvalue weighted by molar-refractivity contribution is -0.140. The normalized spacial score (nSPS) is 21.8. The van der Waals surface area contributed by atoms with Crippen molar-refractivity contribution in [1.82, 2.24) is 20.2 Å². The number of fused-ring (bicyclic) bond motifs is 2. The van der Waals surface area contributed by atoms with Gasteiger partial charge < -0.3 is 19.9 Å². The monoisotopic (exact) mass is 508 g/mol. The molecule has 2 N–H and O–H groups in total. The van der Waals surface area contributed by atoms with Crippen LogP contribution in [0, 0.1) is 0 Å². The number of cyclic esters (lactones) is 1. The predicted molar refractivity (Wildman–Crippen MR) is 150 cm³/mol. The summed E-state index contributed by atoms with van der Waals surface area (Å²) < 4.78 is 5.81. The van der Waals surface area contributed by atoms with Gasteiger partial charge in [-0.1, -0.05) is 47.1 Å². The standard InChI is InChI=1S/C30H44N4O3/c1-22(16-17-34(5)6)14-15-24(3)19-27-20-28-31-21-26(33-28)11-7-8-12-29(35)32-25(4)18-23(2)10-9-13-30(36)37-27/h9-10,13-16,19,21,25,27H,7-8,11-12,17-18,20H2,1-6H3,(H,31,33)(H,32,35)/t25-,27?/m0/s1. The van der Waals surface area contributed by atoms with Gasteiger partial charge >= 0.3 is 5.97 Å². The van der Waals surface area contributed by atoms with Crippen molar-refractivity contribution in [3.63, 3.8) is 0 Å². The second kappa shape index (κ2) is 15.8. The minimum Gasteiger partial charge on any atom is -0.454 e. The molecule has 1 aromatic rings. The first kappa shape index (κ1) is 30.0. The molecule has 0 aromatic carbocycles. The molecule has 0 aliphatic carbocycles. The molecule has 2 atom stereocenters. The van der Waals surface area contributed by atoms with E-state index in [9.17, 15) is 9.59 Å². The summed E-state index contributed by atoms with van der Waals surface area (Å²) in [6.07, 6.45) is 18.9. The molecule has 2 rings (SSSR count). The smallest absolute Gasteiger partial charge is 0.331 e. The Bertz CT molecular complexity index is 1040. The average Bonchev–Trinajstić information content (AvgIpc) is 3.25. The van der Waals surface area contributed by atoms with E-state index in [0.29, 0.717) is 12.8 Å². The number of imidazole rings is 1. The van der Waals surface area contributed by atoms with Crippen LogP contribution in [0.5, 0.6) is 0 Å². The third-order valence-corrected chi connectivity index (χ3v) is 5.93. The van der Waals surface area contributed by atoms with Crippen LogP contribution in [-0.4, -0.2) is 59.5 Å². The van der Waals surface area contributed by atoms with Crippen molar-refractivity contribution < 1.29 is 14.3 Å². The molecule has 37 heavy (non-hydrogen) atoms. The summed E-state index contributed by atoms with van der Waals surface area (Å²) in [6.45, 7) is 8.94. The van der Waals surface area contributed by atoms with E-state index in [0.717, 1.165) is 54.9 Å². The van der Waals surface area contributed by atoms with Crippen LogP contribution in [0.25, 0.3) is 0 Å². The minimum absolute atomic E-state index is 0.0354. The van der Waals surface area contributed by atoms with Crippen molar-refractivity contribution in [2.75, 3.05) is 20.6 Å². The quantitative estimate of drug-likeness (QED) is 0.432. The highest BCUT2D eigenvalue weighted by molar-refractivity contribution is 5.82. The summed E-state index contributed by atoms with van der Waals surface area (Å²) in [6, 6.07) is 0.0354. The van der Waals surface area contributed by atoms with Gasteiger partial charge in [-0.3, -0.25) is 4.79 Å². The zero-order valence-corrected chi connectivity index (χ0v) is 23.3. The van der Waals surface area contributed by atoms with Crippen molar-refractivity contribution in [1.29, 1.82) is 0 Å². The topological polar surface area (TPSA) is 87.3 Å². The maximum Gasteiger partial charge on any atom is 0.331 e. The summed E-state index contributed by atoms with van der Waals surface area (Å²) in [5.41, 5.74) is 4.28. The van der Waals surface area contributed by atoms with Crippen LogP contribution in [0.3, 0.4) is 0 Å². The number of aromatic nitrogens is 2. The number of carbonyl (C=O) groups is 2. The third kappa shape index (κ3) is 13.1. The Labute approximate surface area is 222 Å². The number of allylic oxidation sites excluding steroid dienone is 6. The van der Waals surface area contributed by atoms with E-state index in [1.165, 1.54) is 11.6 Å². The fourth-order valence-corrected chi connectivity index (χ4v) is 4.00. The second-order valence-electron chi connectivity index (χ2n) is 10.2. The van der Waals surface area contributed by atoms with Crippen LogP contribution < -0.4 is 5.32 Å². The van der Waals surface area contributed by atoms with Crippen LogP contribution in [0.15, 0.2) is 65.4 Å². The first-order valence-corrected chi connectivity index (χ1v) is 13.1. The second-order valence-corrected chi connectivity index (χ2v) is 10.2. The van der Waals surface area contributed by atoms with Gasteiger partial charge in [-0.2, -0.15) is 0 Å². The molecule has 1 aromatic heterocycles. The number of hydrogen-bond donors (Lipinski definition) is 2. The summed E-state index contributed by atoms with van der Waals surface area (Å²) >= 11 is 0. The number of amides is 1. The van der Waals surface area contributed by atoms with Crippen molar-refractivity contribution in [2.45, 2.75) is 78.4 Å². The van der Waals surface area contributed by atoms with E-state index in [-0.39, 0.29) is 11.9 Å². The molecule has 1 unspecified atom stereocenters. The summed E-state index contributed by atoms with van der Waals surface area (Å²) in [5, 5.41) is 3.05. The van der Waals surface area contributed by atoms with Gasteiger partial charge in [0, 0.05) is 43.4 Å². The first-order chi connectivity index (χ1) is 17.6. The number of hydrogen-bond acceptors (Lipinski definition) is 5. The highest BCUT2D eigenvalue weighted by Gasteiger charge is 2.14. The molecule has 7 nitrogen and oxygen atoms in total. The largest absolute Gasteiger partial charge is 0.454 e. The highest BCUT2D eigenvalue weighted by atomic mass is 16.5. The van der Waals surface area contributed by atoms with Crippen LogP contribution in [-0.2, 0) is 27.2 Å². The summed E-state index contributed by atoms with van der Waals surface area (Å²) in [5.74, 6) is 0.437. The fraction of sp³-hybridized carbons (Fsp3) is 0.500. The van der Waals surface area contributed by atoms with Gasteiger partial charge in [0.25, 0.3) is 0 Å². The molecule has 0 saturated carbocycles. The molecular weight excluding hydrogens is 464 g/mol. The zero-order valence-electron chi connectivity index (χ0n) is 23.3. The molecule has 2 bridgehead atoms. The zero-order chi connectivity index (χ0) is 27.2. The molecule has 0 saturated heterocycles. The van der Waals surface area contributed by atoms with Crippen molar-refractivity contribution in [3.05, 3.63) is 77.0 Å². The lowest BCUT2D eigenvalue weighted by atomic mass is 10.1. The Balaban J connectivity index is 2.21. The van der Waals surface area contributed by atoms with Gasteiger partial charge in [0.05, 0.1) is 0 Å². The van der Waals surface area contributed by atoms with E-state index in [1.807, 2.05) is 59.3 Å². The van der Waals surface area contributed by atoms with Gasteiger partial charge in [-0.25, -0.2) is 9.78 Å². The molecule has 1 amide bonds. The molecule has 0 spiro atoms. The number of aromatic amines is 1. The number of aryl methyl sites for hydroxylation is 1. The lowest BCUT2D eigenvalue weighted by Crippen LogP contribution is -2.32. The van der Waals surface area contributed by atoms with Crippen molar-refractivity contribution >= 4 is 11.9 Å². The molecule has 2 heterocycles. The molecule has 0 fully saturated rings. The molecular formula is C30H44N4O3. The van der Waals surface area contributed by atoms with Crippen LogP contribution in [0.4, 0.5) is 0 Å².